The molecule has 22 heavy (non-hydrogen) atoms. The van der Waals surface area contributed by atoms with Gasteiger partial charge in [0.25, 0.3) is 5.91 Å². The molecule has 0 bridgehead atoms. The van der Waals surface area contributed by atoms with E-state index in [9.17, 15) is 9.59 Å². The van der Waals surface area contributed by atoms with Crippen LogP contribution < -0.4 is 0 Å². The van der Waals surface area contributed by atoms with Crippen LogP contribution in [0.1, 0.15) is 23.7 Å². The normalized spacial score (nSPS) is 25.8. The molecule has 2 amide bonds. The molecular weight excluding hydrogens is 284 g/mol. The number of rotatable bonds is 2. The number of likely N-dealkylation sites (N-methyl/N-ethyl adjacent to an activating group) is 1. The fourth-order valence-corrected chi connectivity index (χ4v) is 3.21. The summed E-state index contributed by atoms with van der Waals surface area (Å²) in [5.74, 6) is 0.281. The number of hydrogen-bond acceptors (Lipinski definition) is 4. The van der Waals surface area contributed by atoms with Gasteiger partial charge in [-0.15, -0.1) is 0 Å². The number of carbonyl (C=O) groups excluding carboxylic acids is 2. The lowest BCUT2D eigenvalue weighted by Crippen LogP contribution is -2.54. The molecule has 2 saturated heterocycles. The third kappa shape index (κ3) is 2.72. The molecular formula is C15H22N4O3. The van der Waals surface area contributed by atoms with Crippen LogP contribution in [0.3, 0.4) is 0 Å². The van der Waals surface area contributed by atoms with Crippen molar-refractivity contribution < 1.29 is 14.3 Å². The average molecular weight is 306 g/mol. The van der Waals surface area contributed by atoms with Gasteiger partial charge in [-0.25, -0.2) is 0 Å². The highest BCUT2D eigenvalue weighted by Crippen LogP contribution is 2.25. The second-order valence-electron chi connectivity index (χ2n) is 5.97. The Morgan fingerprint density at radius 2 is 2.32 bits per heavy atom. The van der Waals surface area contributed by atoms with E-state index in [1.165, 1.54) is 0 Å². The Hall–Kier alpha value is -1.89. The summed E-state index contributed by atoms with van der Waals surface area (Å²) < 4.78 is 7.18. The molecule has 0 N–H and O–H groups in total. The topological polar surface area (TPSA) is 67.7 Å². The highest BCUT2D eigenvalue weighted by Gasteiger charge is 2.38. The number of carbonyl (C=O) groups is 2. The first-order chi connectivity index (χ1) is 10.6. The first-order valence-electron chi connectivity index (χ1n) is 7.75. The van der Waals surface area contributed by atoms with E-state index in [1.807, 2.05) is 11.8 Å². The van der Waals surface area contributed by atoms with Crippen LogP contribution in [0.2, 0.25) is 0 Å². The van der Waals surface area contributed by atoms with Crippen LogP contribution >= 0.6 is 0 Å². The van der Waals surface area contributed by atoms with Crippen molar-refractivity contribution in [2.24, 2.45) is 5.92 Å². The van der Waals surface area contributed by atoms with E-state index >= 15 is 0 Å². The molecule has 1 aromatic rings. The van der Waals surface area contributed by atoms with E-state index < -0.39 is 0 Å². The number of fused-ring (bicyclic) bond motifs is 1. The number of aromatic nitrogens is 2. The first kappa shape index (κ1) is 15.0. The van der Waals surface area contributed by atoms with Gasteiger partial charge in [-0.1, -0.05) is 0 Å². The van der Waals surface area contributed by atoms with Gasteiger partial charge in [0.15, 0.2) is 0 Å². The summed E-state index contributed by atoms with van der Waals surface area (Å²) in [6.07, 6.45) is 4.25. The predicted octanol–water partition coefficient (Wildman–Crippen LogP) is 0.222. The summed E-state index contributed by atoms with van der Waals surface area (Å²) in [4.78, 5) is 28.1. The van der Waals surface area contributed by atoms with Crippen molar-refractivity contribution in [3.8, 4) is 0 Å². The minimum Gasteiger partial charge on any atom is -0.371 e. The second-order valence-corrected chi connectivity index (χ2v) is 5.97. The smallest absolute Gasteiger partial charge is 0.257 e. The highest BCUT2D eigenvalue weighted by molar-refractivity contribution is 5.93. The zero-order valence-electron chi connectivity index (χ0n) is 13.1. The van der Waals surface area contributed by atoms with Crippen molar-refractivity contribution in [1.29, 1.82) is 0 Å². The van der Waals surface area contributed by atoms with Crippen molar-refractivity contribution in [1.82, 2.24) is 19.6 Å². The minimum atomic E-state index is -0.0133. The quantitative estimate of drug-likeness (QED) is 0.784. The van der Waals surface area contributed by atoms with Crippen LogP contribution in [0.5, 0.6) is 0 Å². The first-order valence-corrected chi connectivity index (χ1v) is 7.75. The molecule has 3 heterocycles. The molecule has 2 aliphatic rings. The molecule has 0 aromatic carbocycles. The van der Waals surface area contributed by atoms with Gasteiger partial charge in [0.1, 0.15) is 6.61 Å². The Labute approximate surface area is 129 Å². The molecule has 2 atom stereocenters. The molecule has 2 fully saturated rings. The zero-order valence-corrected chi connectivity index (χ0v) is 13.1. The van der Waals surface area contributed by atoms with Gasteiger partial charge < -0.3 is 14.5 Å². The number of hydrogen-bond donors (Lipinski definition) is 0. The number of aryl methyl sites for hydroxylation is 1. The van der Waals surface area contributed by atoms with Gasteiger partial charge in [0.05, 0.1) is 24.4 Å². The maximum Gasteiger partial charge on any atom is 0.257 e. The van der Waals surface area contributed by atoms with E-state index in [0.29, 0.717) is 31.2 Å². The Morgan fingerprint density at radius 3 is 3.05 bits per heavy atom. The number of likely N-dealkylation sites (tertiary alicyclic amines) is 1. The van der Waals surface area contributed by atoms with Crippen molar-refractivity contribution >= 4 is 11.8 Å². The molecule has 7 nitrogen and oxygen atoms in total. The van der Waals surface area contributed by atoms with Crippen molar-refractivity contribution in [2.45, 2.75) is 25.9 Å². The molecule has 0 spiro atoms. The van der Waals surface area contributed by atoms with Crippen molar-refractivity contribution in [3.05, 3.63) is 18.0 Å². The standard InChI is InChI=1S/C15H22N4O3/c1-3-19-7-12(6-16-19)15(21)18-5-4-11-9-22-10-14(20)17(2)13(11)8-18/h6-7,11,13H,3-5,8-10H2,1-2H3/t11-,13-/m0/s1. The molecule has 2 aliphatic heterocycles. The summed E-state index contributed by atoms with van der Waals surface area (Å²) in [7, 11) is 1.80. The van der Waals surface area contributed by atoms with Gasteiger partial charge in [0.2, 0.25) is 5.91 Å². The van der Waals surface area contributed by atoms with E-state index in [1.54, 1.807) is 29.0 Å². The van der Waals surface area contributed by atoms with Gasteiger partial charge >= 0.3 is 0 Å². The lowest BCUT2D eigenvalue weighted by molar-refractivity contribution is -0.134. The molecule has 120 valence electrons. The van der Waals surface area contributed by atoms with Gasteiger partial charge in [-0.2, -0.15) is 5.10 Å². The van der Waals surface area contributed by atoms with E-state index in [-0.39, 0.29) is 24.5 Å². The van der Waals surface area contributed by atoms with Crippen LogP contribution in [0.25, 0.3) is 0 Å². The molecule has 1 aromatic heterocycles. The molecule has 0 aliphatic carbocycles. The van der Waals surface area contributed by atoms with Crippen LogP contribution in [-0.2, 0) is 16.1 Å². The second kappa shape index (κ2) is 6.08. The molecule has 7 heteroatoms. The van der Waals surface area contributed by atoms with E-state index in [2.05, 4.69) is 5.10 Å². The third-order valence-corrected chi connectivity index (χ3v) is 4.66. The van der Waals surface area contributed by atoms with Gasteiger partial charge in [-0.05, 0) is 13.3 Å². The van der Waals surface area contributed by atoms with Gasteiger partial charge in [0, 0.05) is 38.8 Å². The van der Waals surface area contributed by atoms with Crippen LogP contribution in [-0.4, -0.2) is 70.8 Å². The van der Waals surface area contributed by atoms with Crippen molar-refractivity contribution in [3.63, 3.8) is 0 Å². The fraction of sp³-hybridized carbons (Fsp3) is 0.667. The average Bonchev–Trinajstić information content (AvgIpc) is 2.97. The Balaban J connectivity index is 1.73. The van der Waals surface area contributed by atoms with Crippen LogP contribution in [0.15, 0.2) is 12.4 Å². The van der Waals surface area contributed by atoms with E-state index in [0.717, 1.165) is 13.0 Å². The van der Waals surface area contributed by atoms with Crippen molar-refractivity contribution in [2.75, 3.05) is 33.4 Å². The fourth-order valence-electron chi connectivity index (χ4n) is 3.21. The number of piperidine rings is 1. The SMILES string of the molecule is CCn1cc(C(=O)N2CC[C@H]3COCC(=O)N(C)[C@H]3C2)cn1. The largest absolute Gasteiger partial charge is 0.371 e. The molecule has 3 rings (SSSR count). The molecule has 0 radical (unpaired) electrons. The predicted molar refractivity (Wildman–Crippen MR) is 79.3 cm³/mol. The summed E-state index contributed by atoms with van der Waals surface area (Å²) in [6, 6.07) is 0.0360. The maximum absolute atomic E-state index is 12.6. The summed E-state index contributed by atoms with van der Waals surface area (Å²) in [6.45, 7) is 4.72. The Kier molecular flexibility index (Phi) is 4.15. The highest BCUT2D eigenvalue weighted by atomic mass is 16.5. The molecule has 0 unspecified atom stereocenters. The summed E-state index contributed by atoms with van der Waals surface area (Å²) >= 11 is 0. The monoisotopic (exact) mass is 306 g/mol. The maximum atomic E-state index is 12.6. The van der Waals surface area contributed by atoms with E-state index in [4.69, 9.17) is 4.74 Å². The summed E-state index contributed by atoms with van der Waals surface area (Å²) in [5, 5.41) is 4.16. The number of nitrogens with zero attached hydrogens (tertiary/aromatic N) is 4. The Bertz CT molecular complexity index is 571. The zero-order chi connectivity index (χ0) is 15.7. The third-order valence-electron chi connectivity index (χ3n) is 4.66. The number of ether oxygens (including phenoxy) is 1. The summed E-state index contributed by atoms with van der Waals surface area (Å²) in [5.41, 5.74) is 0.610. The van der Waals surface area contributed by atoms with Gasteiger partial charge in [-0.3, -0.25) is 14.3 Å². The number of amides is 2. The molecule has 0 saturated carbocycles. The minimum absolute atomic E-state index is 0.0100. The van der Waals surface area contributed by atoms with Crippen LogP contribution in [0, 0.1) is 5.92 Å². The lowest BCUT2D eigenvalue weighted by atomic mass is 9.91. The van der Waals surface area contributed by atoms with Crippen LogP contribution in [0.4, 0.5) is 0 Å². The Morgan fingerprint density at radius 1 is 1.50 bits per heavy atom. The lowest BCUT2D eigenvalue weighted by Gasteiger charge is -2.40.